The molecule has 2 heterocycles. The van der Waals surface area contributed by atoms with E-state index in [1.807, 2.05) is 0 Å². The smallest absolute Gasteiger partial charge is 0.197 e. The summed E-state index contributed by atoms with van der Waals surface area (Å²) in [6.45, 7) is 29.4. The van der Waals surface area contributed by atoms with E-state index in [1.54, 1.807) is 0 Å². The van der Waals surface area contributed by atoms with Gasteiger partial charge in [-0.25, -0.2) is 0 Å². The molecule has 5 heteroatoms. The Balaban J connectivity index is 1.04. The Bertz CT molecular complexity index is 4520. The number of nitrogens with one attached hydrogen (secondary N) is 1. The van der Waals surface area contributed by atoms with E-state index in [-0.39, 0.29) is 32.5 Å². The van der Waals surface area contributed by atoms with Gasteiger partial charge < -0.3 is 19.5 Å². The third-order valence-electron chi connectivity index (χ3n) is 21.7. The van der Waals surface area contributed by atoms with Crippen LogP contribution in [0.25, 0.3) is 55.3 Å². The maximum atomic E-state index is 6.98. The fourth-order valence-electron chi connectivity index (χ4n) is 15.8. The van der Waals surface area contributed by atoms with Gasteiger partial charge in [0.05, 0.1) is 0 Å². The second-order valence-electron chi connectivity index (χ2n) is 30.4. The molecule has 0 amide bonds. The fraction of sp³-hybridized carbons (Fsp3) is 0.286. The average molecular weight is 1160 g/mol. The molecule has 0 saturated carbocycles. The van der Waals surface area contributed by atoms with Gasteiger partial charge in [-0.2, -0.15) is 0 Å². The number of para-hydroxylation sites is 1. The molecule has 1 radical (unpaired) electrons. The van der Waals surface area contributed by atoms with Crippen molar-refractivity contribution in [3.63, 3.8) is 0 Å². The Kier molecular flexibility index (Phi) is 13.1. The zero-order valence-corrected chi connectivity index (χ0v) is 54.3. The van der Waals surface area contributed by atoms with Crippen LogP contribution in [0, 0.1) is 0 Å². The third kappa shape index (κ3) is 9.72. The number of hydrogen-bond acceptors (Lipinski definition) is 4. The summed E-state index contributed by atoms with van der Waals surface area (Å²) >= 11 is 0. The van der Waals surface area contributed by atoms with Crippen molar-refractivity contribution in [1.82, 2.24) is 0 Å². The van der Waals surface area contributed by atoms with Crippen LogP contribution in [0.2, 0.25) is 0 Å². The summed E-state index contributed by atoms with van der Waals surface area (Å²) in [6, 6.07) is 77.9. The van der Waals surface area contributed by atoms with E-state index in [1.165, 1.54) is 72.5 Å². The highest BCUT2D eigenvalue weighted by atomic mass is 16.3. The first-order chi connectivity index (χ1) is 42.5. The van der Waals surface area contributed by atoms with Crippen molar-refractivity contribution in [1.29, 1.82) is 0 Å². The zero-order chi connectivity index (χ0) is 61.6. The predicted molar refractivity (Wildman–Crippen MR) is 380 cm³/mol. The summed E-state index contributed by atoms with van der Waals surface area (Å²) in [6.07, 6.45) is 6.85. The van der Waals surface area contributed by atoms with E-state index in [9.17, 15) is 0 Å². The first-order valence-electron chi connectivity index (χ1n) is 32.7. The Hall–Kier alpha value is -8.54. The fourth-order valence-corrected chi connectivity index (χ4v) is 15.8. The molecule has 15 rings (SSSR count). The number of rotatable bonds is 9. The van der Waals surface area contributed by atoms with Crippen LogP contribution in [0.3, 0.4) is 0 Å². The van der Waals surface area contributed by atoms with Gasteiger partial charge in [-0.05, 0) is 223 Å². The summed E-state index contributed by atoms with van der Waals surface area (Å²) in [5, 5.41) is 6.37. The van der Waals surface area contributed by atoms with Crippen molar-refractivity contribution in [2.45, 2.75) is 154 Å². The van der Waals surface area contributed by atoms with Crippen LogP contribution in [-0.4, -0.2) is 7.28 Å². The van der Waals surface area contributed by atoms with Crippen LogP contribution < -0.4 is 26.0 Å². The van der Waals surface area contributed by atoms with Gasteiger partial charge in [0.25, 0.3) is 0 Å². The molecule has 0 bridgehead atoms. The molecule has 0 unspecified atom stereocenters. The third-order valence-corrected chi connectivity index (χ3v) is 21.7. The molecule has 0 atom stereocenters. The van der Waals surface area contributed by atoms with Gasteiger partial charge in [0, 0.05) is 61.8 Å². The molecule has 89 heavy (non-hydrogen) atoms. The monoisotopic (exact) mass is 1160 g/mol. The number of furan rings is 1. The van der Waals surface area contributed by atoms with Gasteiger partial charge in [-0.3, -0.25) is 0 Å². The highest BCUT2D eigenvalue weighted by molar-refractivity contribution is 6.73. The van der Waals surface area contributed by atoms with Crippen LogP contribution in [0.15, 0.2) is 211 Å². The molecule has 443 valence electrons. The number of hydrogen-bond donors (Lipinski definition) is 1. The van der Waals surface area contributed by atoms with Gasteiger partial charge in [0.15, 0.2) is 7.28 Å². The molecule has 0 spiro atoms. The van der Waals surface area contributed by atoms with E-state index in [0.29, 0.717) is 0 Å². The molecule has 10 aromatic carbocycles. The van der Waals surface area contributed by atoms with E-state index in [2.05, 4.69) is 312 Å². The number of benzene rings is 10. The van der Waals surface area contributed by atoms with Gasteiger partial charge >= 0.3 is 0 Å². The molecule has 1 aromatic heterocycles. The number of fused-ring (bicyclic) bond motifs is 8. The van der Waals surface area contributed by atoms with E-state index in [4.69, 9.17) is 4.42 Å². The van der Waals surface area contributed by atoms with Crippen LogP contribution in [0.4, 0.5) is 45.5 Å². The van der Waals surface area contributed by atoms with Crippen molar-refractivity contribution in [2.24, 2.45) is 0 Å². The second-order valence-corrected chi connectivity index (χ2v) is 30.4. The Morgan fingerprint density at radius 2 is 0.854 bits per heavy atom. The topological polar surface area (TPSA) is 31.6 Å². The lowest BCUT2D eigenvalue weighted by Gasteiger charge is -2.45. The lowest BCUT2D eigenvalue weighted by atomic mass is 9.55. The summed E-state index contributed by atoms with van der Waals surface area (Å²) < 4.78 is 6.98. The Morgan fingerprint density at radius 1 is 0.371 bits per heavy atom. The van der Waals surface area contributed by atoms with Crippen molar-refractivity contribution in [3.05, 3.63) is 240 Å². The summed E-state index contributed by atoms with van der Waals surface area (Å²) in [7, 11) is 2.54. The summed E-state index contributed by atoms with van der Waals surface area (Å²) in [5.74, 6) is 0. The molecular formula is C84H83BN3O. The average Bonchev–Trinajstić information content (AvgIpc) is 0.937. The molecule has 0 saturated heterocycles. The van der Waals surface area contributed by atoms with Crippen molar-refractivity contribution in [2.75, 3.05) is 15.1 Å². The zero-order valence-electron chi connectivity index (χ0n) is 54.3. The van der Waals surface area contributed by atoms with E-state index < -0.39 is 0 Å². The first kappa shape index (κ1) is 56.9. The van der Waals surface area contributed by atoms with E-state index >= 15 is 0 Å². The normalized spacial score (nSPS) is 17.8. The summed E-state index contributed by atoms with van der Waals surface area (Å²) in [4.78, 5) is 5.14. The standard InChI is InChI=1S/C84H83BN3O/c1-79(2)39-41-81(5,6)68-45-57(31-37-66(68)79)86-73-49-64-62-25-19-20-26-76(62)89-77(64)50-63(73)65-46-61(87(58-32-27-55(28-33-58)53-21-15-13-16-22-53)59-34-29-56(30-35-59)54-23-17-14-18-24-54)48-75-78(65)85-72-51-70-71(84(11,12)44-43-83(70,9)10)52-74(72)88(75)60-36-38-67-69(47-60)82(7,8)42-40-80(67,3)4/h13-38,45-52,86H,39-44H2,1-12H3. The lowest BCUT2D eigenvalue weighted by molar-refractivity contribution is 0.332. The number of nitrogens with zero attached hydrogens (tertiary/aromatic N) is 2. The molecule has 1 aliphatic heterocycles. The predicted octanol–water partition coefficient (Wildman–Crippen LogP) is 22.3. The molecule has 11 aromatic rings. The van der Waals surface area contributed by atoms with Crippen LogP contribution in [-0.2, 0) is 32.5 Å². The minimum Gasteiger partial charge on any atom is -0.456 e. The van der Waals surface area contributed by atoms with Gasteiger partial charge in [-0.1, -0.05) is 210 Å². The quantitative estimate of drug-likeness (QED) is 0.146. The first-order valence-corrected chi connectivity index (χ1v) is 32.7. The van der Waals surface area contributed by atoms with Crippen LogP contribution in [0.5, 0.6) is 0 Å². The van der Waals surface area contributed by atoms with Crippen LogP contribution >= 0.6 is 0 Å². The Morgan fingerprint density at radius 3 is 1.43 bits per heavy atom. The van der Waals surface area contributed by atoms with Gasteiger partial charge in [0.1, 0.15) is 11.2 Å². The Labute approximate surface area is 529 Å². The molecule has 4 aliphatic rings. The highest BCUT2D eigenvalue weighted by Crippen LogP contribution is 2.54. The molecular weight excluding hydrogens is 1080 g/mol. The molecule has 1 N–H and O–H groups in total. The molecule has 3 aliphatic carbocycles. The minimum atomic E-state index is -0.0143. The van der Waals surface area contributed by atoms with E-state index in [0.717, 1.165) is 111 Å². The maximum absolute atomic E-state index is 6.98. The minimum absolute atomic E-state index is 0.00163. The summed E-state index contributed by atoms with van der Waals surface area (Å²) in [5.41, 5.74) is 28.7. The van der Waals surface area contributed by atoms with Crippen molar-refractivity contribution < 1.29 is 4.42 Å². The number of anilines is 8. The van der Waals surface area contributed by atoms with Crippen LogP contribution in [0.1, 0.15) is 155 Å². The van der Waals surface area contributed by atoms with Gasteiger partial charge in [0.2, 0.25) is 0 Å². The van der Waals surface area contributed by atoms with Crippen molar-refractivity contribution >= 4 is 85.6 Å². The SMILES string of the molecule is CC1(C)CCC(C)(C)c2cc(Nc3cc4c(cc3-c3cc(N(c5ccc(-c6ccccc6)cc5)c5ccc(-c6ccccc6)cc5)cc5c3[B]c3cc6c(cc3N5c3ccc5c(c3)C(C)(C)CCC5(C)C)C(C)(C)CCC6(C)C)oc3ccccc34)ccc21. The lowest BCUT2D eigenvalue weighted by Crippen LogP contribution is -2.44. The van der Waals surface area contributed by atoms with Crippen molar-refractivity contribution in [3.8, 4) is 33.4 Å². The highest BCUT2D eigenvalue weighted by Gasteiger charge is 2.43. The largest absolute Gasteiger partial charge is 0.456 e. The van der Waals surface area contributed by atoms with Gasteiger partial charge in [-0.15, -0.1) is 0 Å². The maximum Gasteiger partial charge on any atom is 0.197 e. The second kappa shape index (κ2) is 20.5. The molecule has 0 fully saturated rings. The molecule has 4 nitrogen and oxygen atoms in total.